The third-order valence-corrected chi connectivity index (χ3v) is 4.55. The van der Waals surface area contributed by atoms with E-state index in [2.05, 4.69) is 15.2 Å². The molecule has 1 aliphatic rings. The topological polar surface area (TPSA) is 106 Å². The van der Waals surface area contributed by atoms with Gasteiger partial charge in [0.15, 0.2) is 11.6 Å². The summed E-state index contributed by atoms with van der Waals surface area (Å²) in [5.74, 6) is -3.39. The summed E-state index contributed by atoms with van der Waals surface area (Å²) in [7, 11) is 0. The Morgan fingerprint density at radius 3 is 2.61 bits per heavy atom. The Hall–Kier alpha value is -3.02. The van der Waals surface area contributed by atoms with Crippen LogP contribution in [0.5, 0.6) is 0 Å². The molecule has 1 saturated heterocycles. The fourth-order valence-corrected chi connectivity index (χ4v) is 3.22. The Morgan fingerprint density at radius 1 is 1.29 bits per heavy atom. The van der Waals surface area contributed by atoms with Crippen LogP contribution >= 0.6 is 0 Å². The van der Waals surface area contributed by atoms with Crippen LogP contribution in [0, 0.1) is 11.6 Å². The van der Waals surface area contributed by atoms with Crippen molar-refractivity contribution in [2.45, 2.75) is 51.6 Å². The number of aliphatic carboxylic acids is 1. The molecule has 2 atom stereocenters. The van der Waals surface area contributed by atoms with Gasteiger partial charge in [-0.25, -0.2) is 22.9 Å². The number of rotatable bonds is 5. The number of anilines is 1. The summed E-state index contributed by atoms with van der Waals surface area (Å²) in [5, 5.41) is 11.6. The van der Waals surface area contributed by atoms with Gasteiger partial charge in [-0.05, 0) is 27.2 Å². The number of carboxylic acids is 1. The zero-order valence-corrected chi connectivity index (χ0v) is 17.2. The number of fused-ring (bicyclic) bond motifs is 1. The first-order chi connectivity index (χ1) is 14.4. The lowest BCUT2D eigenvalue weighted by Crippen LogP contribution is -2.54. The second kappa shape index (κ2) is 8.61. The molecule has 9 nitrogen and oxygen atoms in total. The number of imidazole rings is 1. The van der Waals surface area contributed by atoms with Crippen molar-refractivity contribution in [3.05, 3.63) is 23.8 Å². The molecule has 1 fully saturated rings. The van der Waals surface area contributed by atoms with Crippen molar-refractivity contribution in [1.82, 2.24) is 14.9 Å². The van der Waals surface area contributed by atoms with Crippen molar-refractivity contribution in [3.63, 3.8) is 0 Å². The highest BCUT2D eigenvalue weighted by Crippen LogP contribution is 2.28. The summed E-state index contributed by atoms with van der Waals surface area (Å²) in [4.78, 5) is 38.6. The van der Waals surface area contributed by atoms with E-state index in [1.807, 2.05) is 0 Å². The zero-order valence-electron chi connectivity index (χ0n) is 17.2. The maximum Gasteiger partial charge on any atom is 0.439 e. The highest BCUT2D eigenvalue weighted by atomic mass is 19.2. The van der Waals surface area contributed by atoms with Crippen LogP contribution in [0.1, 0.15) is 27.2 Å². The van der Waals surface area contributed by atoms with E-state index in [-0.39, 0.29) is 36.5 Å². The summed E-state index contributed by atoms with van der Waals surface area (Å²) in [6.45, 7) is 4.52. The molecular weight excluding hydrogens is 421 g/mol. The minimum Gasteiger partial charge on any atom is -0.480 e. The number of carboxylic acid groups (broad SMARTS) is 1. The van der Waals surface area contributed by atoms with Crippen molar-refractivity contribution in [3.8, 4) is 0 Å². The largest absolute Gasteiger partial charge is 0.480 e. The summed E-state index contributed by atoms with van der Waals surface area (Å²) in [6, 6.07) is 0.727. The number of hydrogen-bond acceptors (Lipinski definition) is 6. The number of nitrogens with one attached hydrogen (secondary N) is 1. The average molecular weight is 444 g/mol. The normalized spacial score (nSPS) is 19.5. The van der Waals surface area contributed by atoms with Crippen LogP contribution in [0.2, 0.25) is 0 Å². The van der Waals surface area contributed by atoms with E-state index in [0.29, 0.717) is 0 Å². The van der Waals surface area contributed by atoms with Crippen molar-refractivity contribution in [2.75, 3.05) is 18.0 Å². The number of halogens is 3. The first-order valence-corrected chi connectivity index (χ1v) is 9.57. The number of aromatic nitrogens is 2. The summed E-state index contributed by atoms with van der Waals surface area (Å²) >= 11 is 0. The van der Waals surface area contributed by atoms with Gasteiger partial charge in [0.2, 0.25) is 5.95 Å². The Morgan fingerprint density at radius 2 is 1.97 bits per heavy atom. The highest BCUT2D eigenvalue weighted by molar-refractivity contribution is 5.81. The summed E-state index contributed by atoms with van der Waals surface area (Å²) in [6.07, 6.45) is -2.37. The van der Waals surface area contributed by atoms with Gasteiger partial charge >= 0.3 is 12.1 Å². The second-order valence-electron chi connectivity index (χ2n) is 8.21. The molecule has 2 aromatic rings. The third kappa shape index (κ3) is 5.37. The Bertz CT molecular complexity index is 991. The van der Waals surface area contributed by atoms with Gasteiger partial charge in [-0.1, -0.05) is 0 Å². The predicted molar refractivity (Wildman–Crippen MR) is 103 cm³/mol. The van der Waals surface area contributed by atoms with Crippen molar-refractivity contribution >= 4 is 29.0 Å². The SMILES string of the molecule is CC(C)(C)OOC(=O)N[C@@H]1CN(c2nc3cc(F)c(F)cc3n2CC(=O)O)CC[C@H]1F. The van der Waals surface area contributed by atoms with Crippen molar-refractivity contribution in [1.29, 1.82) is 0 Å². The first kappa shape index (κ1) is 22.7. The summed E-state index contributed by atoms with van der Waals surface area (Å²) < 4.78 is 43.0. The zero-order chi connectivity index (χ0) is 22.9. The number of amides is 1. The van der Waals surface area contributed by atoms with E-state index in [9.17, 15) is 27.9 Å². The maximum atomic E-state index is 14.4. The monoisotopic (exact) mass is 444 g/mol. The number of carbonyl (C=O) groups is 2. The number of benzene rings is 1. The number of piperidine rings is 1. The molecule has 1 aromatic heterocycles. The molecule has 2 heterocycles. The molecule has 0 spiro atoms. The van der Waals surface area contributed by atoms with E-state index in [1.165, 1.54) is 4.57 Å². The molecule has 0 radical (unpaired) electrons. The predicted octanol–water partition coefficient (Wildman–Crippen LogP) is 2.77. The van der Waals surface area contributed by atoms with Gasteiger partial charge in [0.1, 0.15) is 18.3 Å². The number of nitrogens with zero attached hydrogens (tertiary/aromatic N) is 3. The molecule has 1 aliphatic heterocycles. The lowest BCUT2D eigenvalue weighted by Gasteiger charge is -2.35. The van der Waals surface area contributed by atoms with Crippen LogP contribution in [0.15, 0.2) is 12.1 Å². The minimum absolute atomic E-state index is 0.00404. The van der Waals surface area contributed by atoms with Gasteiger partial charge in [-0.3, -0.25) is 14.2 Å². The molecule has 0 saturated carbocycles. The van der Waals surface area contributed by atoms with Crippen LogP contribution in [0.25, 0.3) is 11.0 Å². The first-order valence-electron chi connectivity index (χ1n) is 9.57. The number of alkyl halides is 1. The van der Waals surface area contributed by atoms with E-state index in [0.717, 1.165) is 12.1 Å². The van der Waals surface area contributed by atoms with Crippen LogP contribution in [-0.2, 0) is 21.1 Å². The lowest BCUT2D eigenvalue weighted by atomic mass is 10.0. The Labute approximate surface area is 175 Å². The molecule has 3 rings (SSSR count). The molecular formula is C19H23F3N4O5. The Balaban J connectivity index is 1.84. The van der Waals surface area contributed by atoms with Gasteiger partial charge in [-0.15, -0.1) is 0 Å². The van der Waals surface area contributed by atoms with Gasteiger partial charge < -0.3 is 15.3 Å². The molecule has 2 N–H and O–H groups in total. The number of hydrogen-bond donors (Lipinski definition) is 2. The molecule has 0 unspecified atom stereocenters. The fraction of sp³-hybridized carbons (Fsp3) is 0.526. The van der Waals surface area contributed by atoms with Gasteiger partial charge in [0.25, 0.3) is 0 Å². The van der Waals surface area contributed by atoms with Gasteiger partial charge in [0.05, 0.1) is 17.1 Å². The van der Waals surface area contributed by atoms with Gasteiger partial charge in [-0.2, -0.15) is 4.89 Å². The fourth-order valence-electron chi connectivity index (χ4n) is 3.22. The van der Waals surface area contributed by atoms with Crippen LogP contribution in [-0.4, -0.2) is 57.6 Å². The van der Waals surface area contributed by atoms with Crippen LogP contribution < -0.4 is 10.2 Å². The summed E-state index contributed by atoms with van der Waals surface area (Å²) in [5.41, 5.74) is -0.613. The van der Waals surface area contributed by atoms with E-state index in [4.69, 9.17) is 4.89 Å². The molecule has 170 valence electrons. The van der Waals surface area contributed by atoms with E-state index >= 15 is 0 Å². The van der Waals surface area contributed by atoms with Crippen LogP contribution in [0.3, 0.4) is 0 Å². The van der Waals surface area contributed by atoms with Crippen molar-refractivity contribution in [2.24, 2.45) is 0 Å². The molecule has 31 heavy (non-hydrogen) atoms. The molecule has 12 heteroatoms. The van der Waals surface area contributed by atoms with E-state index < -0.39 is 48.1 Å². The Kier molecular flexibility index (Phi) is 6.30. The van der Waals surface area contributed by atoms with Crippen LogP contribution in [0.4, 0.5) is 23.9 Å². The van der Waals surface area contributed by atoms with Crippen molar-refractivity contribution < 1.29 is 37.6 Å². The maximum absolute atomic E-state index is 14.4. The minimum atomic E-state index is -1.40. The average Bonchev–Trinajstić information content (AvgIpc) is 2.98. The second-order valence-corrected chi connectivity index (χ2v) is 8.21. The number of carbonyl (C=O) groups excluding carboxylic acids is 1. The van der Waals surface area contributed by atoms with Gasteiger partial charge in [0, 0.05) is 25.2 Å². The molecule has 0 aliphatic carbocycles. The molecule has 1 amide bonds. The van der Waals surface area contributed by atoms with E-state index in [1.54, 1.807) is 25.7 Å². The third-order valence-electron chi connectivity index (χ3n) is 4.55. The molecule has 1 aromatic carbocycles. The standard InChI is InChI=1S/C19H23F3N4O5/c1-19(2,3)31-30-18(29)24-14-8-25(5-4-10(14)20)17-23-13-6-11(21)12(22)7-15(13)26(17)9-16(27)28/h6-7,10,14H,4-5,8-9H2,1-3H3,(H,24,29)(H,27,28)/t10-,14-/m1/s1. The quantitative estimate of drug-likeness (QED) is 0.540. The highest BCUT2D eigenvalue weighted by Gasteiger charge is 2.34. The molecule has 0 bridgehead atoms. The smallest absolute Gasteiger partial charge is 0.439 e. The lowest BCUT2D eigenvalue weighted by molar-refractivity contribution is -0.300.